The van der Waals surface area contributed by atoms with E-state index < -0.39 is 5.97 Å². The molecule has 0 spiro atoms. The lowest BCUT2D eigenvalue weighted by Crippen LogP contribution is -2.30. The van der Waals surface area contributed by atoms with Gasteiger partial charge in [-0.15, -0.1) is 0 Å². The van der Waals surface area contributed by atoms with Crippen LogP contribution >= 0.6 is 15.9 Å². The maximum Gasteiger partial charge on any atom is 0.343 e. The number of hydrogen-bond acceptors (Lipinski definition) is 4. The molecule has 0 aromatic heterocycles. The predicted octanol–water partition coefficient (Wildman–Crippen LogP) is 4.59. The van der Waals surface area contributed by atoms with Crippen LogP contribution in [-0.2, 0) is 9.59 Å². The number of imide groups is 1. The lowest BCUT2D eigenvalue weighted by molar-refractivity contribution is -0.122. The molecule has 0 bridgehead atoms. The molecule has 2 aromatic carbocycles. The van der Waals surface area contributed by atoms with Crippen LogP contribution in [0.1, 0.15) is 36.5 Å². The van der Waals surface area contributed by atoms with E-state index in [1.807, 2.05) is 0 Å². The van der Waals surface area contributed by atoms with Crippen molar-refractivity contribution in [1.29, 1.82) is 0 Å². The van der Waals surface area contributed by atoms with Crippen molar-refractivity contribution in [3.8, 4) is 5.75 Å². The minimum atomic E-state index is -0.490. The quantitative estimate of drug-likeness (QED) is 0.396. The first kappa shape index (κ1) is 18.9. The van der Waals surface area contributed by atoms with Gasteiger partial charge in [-0.05, 0) is 73.7 Å². The fraction of sp³-hybridized carbons (Fsp3) is 0.318. The molecule has 28 heavy (non-hydrogen) atoms. The van der Waals surface area contributed by atoms with Crippen LogP contribution in [0, 0.1) is 17.8 Å². The summed E-state index contributed by atoms with van der Waals surface area (Å²) in [6.45, 7) is 2.13. The Morgan fingerprint density at radius 2 is 1.61 bits per heavy atom. The molecule has 0 unspecified atom stereocenters. The molecule has 2 aliphatic rings. The molecule has 4 rings (SSSR count). The van der Waals surface area contributed by atoms with Crippen LogP contribution < -0.4 is 9.64 Å². The van der Waals surface area contributed by atoms with Gasteiger partial charge < -0.3 is 4.74 Å². The van der Waals surface area contributed by atoms with Crippen LogP contribution in [0.25, 0.3) is 0 Å². The number of anilines is 1. The summed E-state index contributed by atoms with van der Waals surface area (Å²) >= 11 is 3.33. The zero-order valence-corrected chi connectivity index (χ0v) is 17.0. The van der Waals surface area contributed by atoms with E-state index in [9.17, 15) is 14.4 Å². The number of amides is 2. The smallest absolute Gasteiger partial charge is 0.343 e. The van der Waals surface area contributed by atoms with Gasteiger partial charge in [0, 0.05) is 4.47 Å². The van der Waals surface area contributed by atoms with Crippen LogP contribution in [0.4, 0.5) is 5.69 Å². The third-order valence-corrected chi connectivity index (χ3v) is 6.10. The lowest BCUT2D eigenvalue weighted by Gasteiger charge is -2.25. The largest absolute Gasteiger partial charge is 0.423 e. The van der Waals surface area contributed by atoms with Crippen molar-refractivity contribution in [3.63, 3.8) is 0 Å². The Bertz CT molecular complexity index is 923. The summed E-state index contributed by atoms with van der Waals surface area (Å²) in [5.74, 6) is -0.229. The Morgan fingerprint density at radius 3 is 2.29 bits per heavy atom. The zero-order valence-electron chi connectivity index (χ0n) is 15.4. The zero-order chi connectivity index (χ0) is 19.8. The number of hydrogen-bond donors (Lipinski definition) is 0. The average Bonchev–Trinajstić information content (AvgIpc) is 2.93. The molecule has 1 heterocycles. The molecule has 0 N–H and O–H groups in total. The van der Waals surface area contributed by atoms with Crippen molar-refractivity contribution in [2.24, 2.45) is 17.8 Å². The third kappa shape index (κ3) is 3.49. The predicted molar refractivity (Wildman–Crippen MR) is 108 cm³/mol. The summed E-state index contributed by atoms with van der Waals surface area (Å²) < 4.78 is 6.24. The molecule has 6 heteroatoms. The highest BCUT2D eigenvalue weighted by molar-refractivity contribution is 9.10. The van der Waals surface area contributed by atoms with Crippen molar-refractivity contribution in [2.45, 2.75) is 26.2 Å². The Morgan fingerprint density at radius 1 is 0.964 bits per heavy atom. The molecule has 3 atom stereocenters. The van der Waals surface area contributed by atoms with Gasteiger partial charge in [0.15, 0.2) is 0 Å². The van der Waals surface area contributed by atoms with E-state index in [1.165, 1.54) is 4.90 Å². The van der Waals surface area contributed by atoms with Gasteiger partial charge in [0.2, 0.25) is 11.8 Å². The average molecular weight is 442 g/mol. The molecule has 1 saturated heterocycles. The van der Waals surface area contributed by atoms with Gasteiger partial charge in [-0.1, -0.05) is 22.9 Å². The summed E-state index contributed by atoms with van der Waals surface area (Å²) in [4.78, 5) is 39.2. The molecular weight excluding hydrogens is 422 g/mol. The summed E-state index contributed by atoms with van der Waals surface area (Å²) in [6, 6.07) is 13.4. The Balaban J connectivity index is 1.50. The molecule has 1 aliphatic heterocycles. The highest BCUT2D eigenvalue weighted by Gasteiger charge is 2.49. The van der Waals surface area contributed by atoms with Gasteiger partial charge in [-0.2, -0.15) is 0 Å². The van der Waals surface area contributed by atoms with Gasteiger partial charge in [-0.3, -0.25) is 14.5 Å². The van der Waals surface area contributed by atoms with E-state index in [0.717, 1.165) is 23.7 Å². The van der Waals surface area contributed by atoms with Gasteiger partial charge in [-0.25, -0.2) is 4.79 Å². The standard InChI is InChI=1S/C22H20BrNO4/c1-13-2-11-18-19(12-13)21(26)24(20(18)25)16-7-3-14(4-8-16)22(27)28-17-9-5-15(23)6-10-17/h3-10,13,18-19H,2,11-12H2,1H3/t13-,18-,19-/m1/s1. The number of fused-ring (bicyclic) bond motifs is 1. The minimum Gasteiger partial charge on any atom is -0.423 e. The summed E-state index contributed by atoms with van der Waals surface area (Å²) in [5, 5.41) is 0. The first-order chi connectivity index (χ1) is 13.4. The van der Waals surface area contributed by atoms with E-state index in [-0.39, 0.29) is 23.7 Å². The van der Waals surface area contributed by atoms with Crippen LogP contribution in [-0.4, -0.2) is 17.8 Å². The topological polar surface area (TPSA) is 63.7 Å². The van der Waals surface area contributed by atoms with E-state index in [4.69, 9.17) is 4.74 Å². The van der Waals surface area contributed by atoms with Crippen molar-refractivity contribution in [2.75, 3.05) is 4.90 Å². The molecule has 5 nitrogen and oxygen atoms in total. The molecule has 2 fully saturated rings. The highest BCUT2D eigenvalue weighted by Crippen LogP contribution is 2.42. The monoisotopic (exact) mass is 441 g/mol. The van der Waals surface area contributed by atoms with Crippen molar-refractivity contribution in [3.05, 3.63) is 58.6 Å². The molecular formula is C22H20BrNO4. The molecule has 144 valence electrons. The van der Waals surface area contributed by atoms with E-state index in [2.05, 4.69) is 22.9 Å². The van der Waals surface area contributed by atoms with Crippen molar-refractivity contribution < 1.29 is 19.1 Å². The van der Waals surface area contributed by atoms with Crippen molar-refractivity contribution >= 4 is 39.4 Å². The second kappa shape index (κ2) is 7.51. The first-order valence-corrected chi connectivity index (χ1v) is 10.2. The number of esters is 1. The van der Waals surface area contributed by atoms with E-state index >= 15 is 0 Å². The number of carbonyl (C=O) groups is 3. The van der Waals surface area contributed by atoms with Crippen LogP contribution in [0.5, 0.6) is 5.75 Å². The summed E-state index contributed by atoms with van der Waals surface area (Å²) in [7, 11) is 0. The summed E-state index contributed by atoms with van der Waals surface area (Å²) in [5.41, 5.74) is 0.869. The van der Waals surface area contributed by atoms with E-state index in [0.29, 0.717) is 22.9 Å². The van der Waals surface area contributed by atoms with Gasteiger partial charge in [0.1, 0.15) is 5.75 Å². The second-order valence-electron chi connectivity index (χ2n) is 7.53. The fourth-order valence-electron chi connectivity index (χ4n) is 4.06. The SMILES string of the molecule is C[C@@H]1CC[C@H]2C(=O)N(c3ccc(C(=O)Oc4ccc(Br)cc4)cc3)C(=O)[C@@H]2C1. The minimum absolute atomic E-state index is 0.118. The maximum absolute atomic E-state index is 12.8. The van der Waals surface area contributed by atoms with Crippen molar-refractivity contribution in [1.82, 2.24) is 0 Å². The van der Waals surface area contributed by atoms with Crippen LogP contribution in [0.3, 0.4) is 0 Å². The van der Waals surface area contributed by atoms with Crippen LogP contribution in [0.2, 0.25) is 0 Å². The Labute approximate surface area is 171 Å². The Kier molecular flexibility index (Phi) is 5.06. The number of benzene rings is 2. The lowest BCUT2D eigenvalue weighted by atomic mass is 9.76. The van der Waals surface area contributed by atoms with Gasteiger partial charge in [0.25, 0.3) is 0 Å². The maximum atomic E-state index is 12.8. The number of rotatable bonds is 3. The molecule has 0 radical (unpaired) electrons. The number of nitrogens with zero attached hydrogens (tertiary/aromatic N) is 1. The molecule has 2 amide bonds. The normalized spacial score (nSPS) is 24.2. The second-order valence-corrected chi connectivity index (χ2v) is 8.45. The van der Waals surface area contributed by atoms with Gasteiger partial charge in [0.05, 0.1) is 23.1 Å². The van der Waals surface area contributed by atoms with Gasteiger partial charge >= 0.3 is 5.97 Å². The molecule has 1 aliphatic carbocycles. The van der Waals surface area contributed by atoms with Crippen LogP contribution in [0.15, 0.2) is 53.0 Å². The summed E-state index contributed by atoms with van der Waals surface area (Å²) in [6.07, 6.45) is 2.52. The molecule has 2 aromatic rings. The van der Waals surface area contributed by atoms with E-state index in [1.54, 1.807) is 48.5 Å². The highest BCUT2D eigenvalue weighted by atomic mass is 79.9. The number of carbonyl (C=O) groups excluding carboxylic acids is 3. The molecule has 1 saturated carbocycles. The number of ether oxygens (including phenoxy) is 1. The first-order valence-electron chi connectivity index (χ1n) is 9.39. The fourth-order valence-corrected chi connectivity index (χ4v) is 4.32. The number of halogens is 1. The Hall–Kier alpha value is -2.47. The third-order valence-electron chi connectivity index (χ3n) is 5.57.